The van der Waals surface area contributed by atoms with Gasteiger partial charge in [-0.2, -0.15) is 10.2 Å². The van der Waals surface area contributed by atoms with Gasteiger partial charge in [0.15, 0.2) is 11.3 Å². The van der Waals surface area contributed by atoms with Crippen molar-refractivity contribution in [3.63, 3.8) is 0 Å². The van der Waals surface area contributed by atoms with Crippen molar-refractivity contribution in [2.75, 3.05) is 61.5 Å². The molecule has 8 heterocycles. The highest BCUT2D eigenvalue weighted by Gasteiger charge is 2.46. The molecule has 18 nitrogen and oxygen atoms in total. The van der Waals surface area contributed by atoms with Crippen LogP contribution in [0.1, 0.15) is 107 Å². The number of aromatic nitrogens is 5. The van der Waals surface area contributed by atoms with Gasteiger partial charge >= 0.3 is 0 Å². The van der Waals surface area contributed by atoms with Crippen LogP contribution >= 0.6 is 0 Å². The number of ether oxygens (including phenoxy) is 2. The van der Waals surface area contributed by atoms with Crippen LogP contribution < -0.4 is 20.9 Å². The minimum atomic E-state index is -2.87. The van der Waals surface area contributed by atoms with E-state index in [1.807, 2.05) is 6.07 Å². The Morgan fingerprint density at radius 3 is 2.56 bits per heavy atom. The van der Waals surface area contributed by atoms with Crippen molar-refractivity contribution in [2.45, 2.75) is 94.5 Å². The van der Waals surface area contributed by atoms with Gasteiger partial charge in [0.2, 0.25) is 11.8 Å². The van der Waals surface area contributed by atoms with Crippen molar-refractivity contribution in [3.05, 3.63) is 65.2 Å². The number of rotatable bonds is 13. The zero-order valence-corrected chi connectivity index (χ0v) is 34.6. The van der Waals surface area contributed by atoms with Gasteiger partial charge in [-0.25, -0.2) is 18.3 Å². The van der Waals surface area contributed by atoms with Crippen molar-refractivity contribution < 1.29 is 42.2 Å². The summed E-state index contributed by atoms with van der Waals surface area (Å²) in [5, 5.41) is 16.7. The third kappa shape index (κ3) is 8.03. The number of hydrogen-bond acceptors (Lipinski definition) is 13. The predicted molar refractivity (Wildman–Crippen MR) is 222 cm³/mol. The van der Waals surface area contributed by atoms with Gasteiger partial charge in [-0.05, 0) is 75.5 Å². The van der Waals surface area contributed by atoms with E-state index in [0.29, 0.717) is 37.0 Å². The molecule has 5 amide bonds. The highest BCUT2D eigenvalue weighted by molar-refractivity contribution is 6.25. The van der Waals surface area contributed by atoms with Crippen molar-refractivity contribution >= 4 is 52.4 Å². The summed E-state index contributed by atoms with van der Waals surface area (Å²) in [5.41, 5.74) is 0.993. The van der Waals surface area contributed by atoms with E-state index in [-0.39, 0.29) is 59.5 Å². The van der Waals surface area contributed by atoms with E-state index < -0.39 is 47.7 Å². The summed E-state index contributed by atoms with van der Waals surface area (Å²) in [6.07, 6.45) is 8.37. The SMILES string of the molecule is O=C1CCC(N2C(=O)c3cccc(NCCOC4CCN(CC5CCC(n6cc(NC(=O)c7cnn8ccc(N9C[C@H]%10C[C@@H]9CO%10)nc78)c(C(F)F)n6)CC5)CC4)c3C2=O)C(=O)N1. The average Bonchev–Trinajstić information content (AvgIpc) is 4.13. The first-order valence-electron chi connectivity index (χ1n) is 21.9. The average molecular weight is 870 g/mol. The van der Waals surface area contributed by atoms with Crippen molar-refractivity contribution in [1.82, 2.24) is 39.5 Å². The fourth-order valence-corrected chi connectivity index (χ4v) is 10.2. The van der Waals surface area contributed by atoms with Crippen LogP contribution in [0.15, 0.2) is 42.9 Å². The summed E-state index contributed by atoms with van der Waals surface area (Å²) in [4.78, 5) is 74.5. The molecule has 3 aromatic heterocycles. The highest BCUT2D eigenvalue weighted by Crippen LogP contribution is 2.37. The Morgan fingerprint density at radius 1 is 0.984 bits per heavy atom. The molecule has 2 bridgehead atoms. The van der Waals surface area contributed by atoms with Crippen LogP contribution in [0.2, 0.25) is 0 Å². The number of morpholine rings is 1. The molecule has 1 saturated carbocycles. The molecule has 0 radical (unpaired) electrons. The van der Waals surface area contributed by atoms with Gasteiger partial charge in [-0.3, -0.25) is 38.9 Å². The second kappa shape index (κ2) is 17.0. The first-order chi connectivity index (χ1) is 30.6. The molecule has 63 heavy (non-hydrogen) atoms. The highest BCUT2D eigenvalue weighted by atomic mass is 19.3. The monoisotopic (exact) mass is 869 g/mol. The lowest BCUT2D eigenvalue weighted by atomic mass is 9.85. The lowest BCUT2D eigenvalue weighted by molar-refractivity contribution is -0.136. The molecule has 1 aliphatic carbocycles. The fraction of sp³-hybridized carbons (Fsp3) is 0.535. The Bertz CT molecular complexity index is 2440. The number of fused-ring (bicyclic) bond motifs is 4. The maximum atomic E-state index is 14.3. The zero-order chi connectivity index (χ0) is 43.4. The number of piperidine rings is 2. The van der Waals surface area contributed by atoms with Gasteiger partial charge in [0, 0.05) is 57.2 Å². The van der Waals surface area contributed by atoms with Crippen LogP contribution in [0.5, 0.6) is 0 Å². The summed E-state index contributed by atoms with van der Waals surface area (Å²) in [6.45, 7) is 4.93. The number of anilines is 3. The summed E-state index contributed by atoms with van der Waals surface area (Å²) in [6, 6.07) is 5.99. The smallest absolute Gasteiger partial charge is 0.284 e. The molecule has 4 aromatic rings. The maximum Gasteiger partial charge on any atom is 0.284 e. The van der Waals surface area contributed by atoms with E-state index in [1.165, 1.54) is 16.9 Å². The van der Waals surface area contributed by atoms with E-state index in [2.05, 4.69) is 35.9 Å². The van der Waals surface area contributed by atoms with E-state index in [0.717, 1.165) is 81.8 Å². The van der Waals surface area contributed by atoms with Gasteiger partial charge < -0.3 is 29.9 Å². The number of carbonyl (C=O) groups is 5. The minimum Gasteiger partial charge on any atom is -0.382 e. The lowest BCUT2D eigenvalue weighted by Gasteiger charge is -2.36. The van der Waals surface area contributed by atoms with E-state index in [4.69, 9.17) is 14.5 Å². The quantitative estimate of drug-likeness (QED) is 0.130. The summed E-state index contributed by atoms with van der Waals surface area (Å²) < 4.78 is 43.6. The predicted octanol–water partition coefficient (Wildman–Crippen LogP) is 3.82. The van der Waals surface area contributed by atoms with Crippen LogP contribution in [0, 0.1) is 5.92 Å². The molecule has 20 heteroatoms. The molecular formula is C43H49F2N11O7. The molecule has 1 aromatic carbocycles. The number of imide groups is 2. The van der Waals surface area contributed by atoms with Crippen molar-refractivity contribution in [3.8, 4) is 0 Å². The Balaban J connectivity index is 0.672. The van der Waals surface area contributed by atoms with E-state index in [9.17, 15) is 32.8 Å². The number of carbonyl (C=O) groups excluding carboxylic acids is 5. The lowest BCUT2D eigenvalue weighted by Crippen LogP contribution is -2.54. The number of nitrogens with one attached hydrogen (secondary N) is 3. The Morgan fingerprint density at radius 2 is 1.81 bits per heavy atom. The Hall–Kier alpha value is -5.86. The maximum absolute atomic E-state index is 14.3. The summed E-state index contributed by atoms with van der Waals surface area (Å²) in [7, 11) is 0. The molecule has 4 saturated heterocycles. The third-order valence-electron chi connectivity index (χ3n) is 13.5. The first kappa shape index (κ1) is 41.2. The molecule has 10 rings (SSSR count). The molecule has 1 unspecified atom stereocenters. The summed E-state index contributed by atoms with van der Waals surface area (Å²) >= 11 is 0. The van der Waals surface area contributed by atoms with Gasteiger partial charge in [0.25, 0.3) is 24.1 Å². The van der Waals surface area contributed by atoms with Crippen molar-refractivity contribution in [1.29, 1.82) is 0 Å². The molecular weight excluding hydrogens is 821 g/mol. The molecule has 3 atom stereocenters. The number of hydrogen-bond donors (Lipinski definition) is 3. The molecule has 5 aliphatic heterocycles. The van der Waals surface area contributed by atoms with Gasteiger partial charge in [0.1, 0.15) is 17.4 Å². The van der Waals surface area contributed by atoms with Crippen LogP contribution in [0.4, 0.5) is 26.0 Å². The van der Waals surface area contributed by atoms with Crippen LogP contribution in [0.3, 0.4) is 0 Å². The van der Waals surface area contributed by atoms with Crippen LogP contribution in [-0.2, 0) is 19.1 Å². The molecule has 6 aliphatic rings. The number of benzene rings is 1. The fourth-order valence-electron chi connectivity index (χ4n) is 10.2. The topological polar surface area (TPSA) is 198 Å². The molecule has 5 fully saturated rings. The first-order valence-corrected chi connectivity index (χ1v) is 21.9. The standard InChI is InChI=1S/C43H49F2N11O7/c44-38(45)37-32(48-40(58)30-19-47-54-16-12-34(49-39(30)54)53-21-28-18-26(53)23-63-28)22-55(51-37)25-6-4-24(5-7-25)20-52-14-10-27(11-15-52)62-17-13-46-31-3-1-2-29-36(31)43(61)56(42(29)60)33-8-9-35(57)50-41(33)59/h1-3,12,16,19,22,24-28,33,38,46H,4-11,13-15,17-18,20-21,23H2,(H,48,58)(H,50,57,59)/t24?,25?,26-,28-,33?/m1/s1. The normalized spacial score (nSPS) is 25.4. The largest absolute Gasteiger partial charge is 0.382 e. The zero-order valence-electron chi connectivity index (χ0n) is 34.6. The van der Waals surface area contributed by atoms with Crippen molar-refractivity contribution in [2.24, 2.45) is 5.92 Å². The number of alkyl halides is 2. The van der Waals surface area contributed by atoms with Gasteiger partial charge in [-0.15, -0.1) is 0 Å². The van der Waals surface area contributed by atoms with E-state index >= 15 is 0 Å². The van der Waals surface area contributed by atoms with Crippen LogP contribution in [-0.4, -0.2) is 134 Å². The van der Waals surface area contributed by atoms with Crippen LogP contribution in [0.25, 0.3) is 5.65 Å². The second-order valence-electron chi connectivity index (χ2n) is 17.4. The third-order valence-corrected chi connectivity index (χ3v) is 13.5. The molecule has 0 spiro atoms. The minimum absolute atomic E-state index is 0.0176. The van der Waals surface area contributed by atoms with E-state index in [1.54, 1.807) is 29.1 Å². The Labute approximate surface area is 360 Å². The second-order valence-corrected chi connectivity index (χ2v) is 17.4. The number of likely N-dealkylation sites (tertiary alicyclic amines) is 1. The number of halogens is 2. The Kier molecular flexibility index (Phi) is 11.1. The number of amides is 5. The summed E-state index contributed by atoms with van der Waals surface area (Å²) in [5.74, 6) is -1.55. The molecule has 332 valence electrons. The number of nitrogens with zero attached hydrogens (tertiary/aromatic N) is 8. The molecule has 3 N–H and O–H groups in total. The van der Waals surface area contributed by atoms with Gasteiger partial charge in [-0.1, -0.05) is 6.07 Å². The van der Waals surface area contributed by atoms with Gasteiger partial charge in [0.05, 0.1) is 60.5 Å².